The maximum atomic E-state index is 14.6. The van der Waals surface area contributed by atoms with E-state index in [-0.39, 0.29) is 18.1 Å². The van der Waals surface area contributed by atoms with Crippen molar-refractivity contribution in [2.24, 2.45) is 10.9 Å². The minimum absolute atomic E-state index is 0.00903. The van der Waals surface area contributed by atoms with Crippen LogP contribution < -0.4 is 15.0 Å². The molecule has 5 heterocycles. The summed E-state index contributed by atoms with van der Waals surface area (Å²) in [6.07, 6.45) is 6.24. The fraction of sp³-hybridized carbons (Fsp3) is 0.455. The average Bonchev–Trinajstić information content (AvgIpc) is 3.48. The van der Waals surface area contributed by atoms with Crippen LogP contribution >= 0.6 is 0 Å². The molecule has 33 heavy (non-hydrogen) atoms. The van der Waals surface area contributed by atoms with Gasteiger partial charge in [-0.3, -0.25) is 0 Å². The highest BCUT2D eigenvalue weighted by molar-refractivity contribution is 5.77. The Morgan fingerprint density at radius 2 is 2.00 bits per heavy atom. The number of hydroxylamine groups is 1. The van der Waals surface area contributed by atoms with E-state index in [1.165, 1.54) is 19.4 Å². The Balaban J connectivity index is 1.30. The summed E-state index contributed by atoms with van der Waals surface area (Å²) in [6.45, 7) is 5.75. The number of amidine groups is 1. The normalized spacial score (nSPS) is 19.1. The van der Waals surface area contributed by atoms with Crippen LogP contribution in [0.4, 0.5) is 4.39 Å². The maximum Gasteiger partial charge on any atom is 0.309 e. The molecule has 5 rings (SSSR count). The van der Waals surface area contributed by atoms with Crippen molar-refractivity contribution in [2.45, 2.75) is 39.0 Å². The molecule has 1 atom stereocenters. The number of hydrogen-bond acceptors (Lipinski definition) is 9. The third-order valence-corrected chi connectivity index (χ3v) is 5.85. The molecule has 0 aromatic carbocycles. The van der Waals surface area contributed by atoms with Crippen LogP contribution in [0.15, 0.2) is 35.7 Å². The van der Waals surface area contributed by atoms with Gasteiger partial charge in [0.1, 0.15) is 18.1 Å². The Kier molecular flexibility index (Phi) is 5.71. The number of methoxy groups -OCH3 is 1. The predicted molar refractivity (Wildman–Crippen MR) is 118 cm³/mol. The topological polar surface area (TPSA) is 98.4 Å². The Bertz CT molecular complexity index is 1170. The summed E-state index contributed by atoms with van der Waals surface area (Å²) in [5.41, 5.74) is 4.30. The van der Waals surface area contributed by atoms with Crippen molar-refractivity contribution in [3.05, 3.63) is 36.5 Å². The van der Waals surface area contributed by atoms with Crippen LogP contribution in [-0.2, 0) is 4.84 Å². The van der Waals surface area contributed by atoms with Gasteiger partial charge in [0.25, 0.3) is 0 Å². The summed E-state index contributed by atoms with van der Waals surface area (Å²) < 4.78 is 27.4. The minimum atomic E-state index is -0.455. The van der Waals surface area contributed by atoms with Gasteiger partial charge in [-0.25, -0.2) is 19.4 Å². The van der Waals surface area contributed by atoms with Crippen molar-refractivity contribution in [1.29, 1.82) is 0 Å². The van der Waals surface area contributed by atoms with Crippen molar-refractivity contribution in [3.63, 3.8) is 0 Å². The van der Waals surface area contributed by atoms with Crippen molar-refractivity contribution in [2.75, 3.05) is 20.2 Å². The number of rotatable bonds is 5. The van der Waals surface area contributed by atoms with E-state index in [4.69, 9.17) is 14.3 Å². The van der Waals surface area contributed by atoms with E-state index in [2.05, 4.69) is 44.3 Å². The number of nitrogens with zero attached hydrogens (tertiary/aromatic N) is 6. The average molecular weight is 455 g/mol. The largest absolute Gasteiger partial charge is 0.481 e. The third kappa shape index (κ3) is 4.15. The summed E-state index contributed by atoms with van der Waals surface area (Å²) >= 11 is 0. The van der Waals surface area contributed by atoms with Gasteiger partial charge in [-0.2, -0.15) is 9.61 Å². The molecule has 3 aromatic rings. The first-order valence-electron chi connectivity index (χ1n) is 11.0. The zero-order valence-electron chi connectivity index (χ0n) is 18.7. The van der Waals surface area contributed by atoms with Gasteiger partial charge < -0.3 is 19.2 Å². The first-order valence-corrected chi connectivity index (χ1v) is 11.0. The second kappa shape index (κ2) is 8.81. The number of pyridine rings is 1. The minimum Gasteiger partial charge on any atom is -0.481 e. The smallest absolute Gasteiger partial charge is 0.309 e. The van der Waals surface area contributed by atoms with E-state index >= 15 is 0 Å². The van der Waals surface area contributed by atoms with Gasteiger partial charge in [-0.1, -0.05) is 13.8 Å². The maximum absolute atomic E-state index is 14.6. The van der Waals surface area contributed by atoms with E-state index < -0.39 is 5.82 Å². The molecule has 10 nitrogen and oxygen atoms in total. The fourth-order valence-electron chi connectivity index (χ4n) is 3.92. The van der Waals surface area contributed by atoms with Crippen LogP contribution in [0.1, 0.15) is 26.7 Å². The molecule has 3 aromatic heterocycles. The van der Waals surface area contributed by atoms with Crippen molar-refractivity contribution >= 4 is 11.7 Å². The first-order chi connectivity index (χ1) is 16.0. The number of aliphatic imine (C=N–C) groups is 1. The molecule has 1 unspecified atom stereocenters. The standard InChI is InChI=1S/C22H26FN7O3/c1-13(2)20-27-22(33-28-20)29-8-5-14(6-9-29)32-19-4-7-24-21-16(12-26-30(19)21)15-11-25-18(31-3)10-17(15)23/h4,7,10-14,20,28H,5-6,8-9H2,1-3H3. The van der Waals surface area contributed by atoms with Gasteiger partial charge in [0, 0.05) is 56.0 Å². The number of piperidine rings is 1. The van der Waals surface area contributed by atoms with Crippen LogP contribution in [0.5, 0.6) is 11.8 Å². The van der Waals surface area contributed by atoms with E-state index in [1.807, 2.05) is 0 Å². The highest BCUT2D eigenvalue weighted by Crippen LogP contribution is 2.29. The number of ether oxygens (including phenoxy) is 2. The summed E-state index contributed by atoms with van der Waals surface area (Å²) in [5, 5.41) is 4.39. The Morgan fingerprint density at radius 1 is 1.18 bits per heavy atom. The lowest BCUT2D eigenvalue weighted by atomic mass is 10.1. The van der Waals surface area contributed by atoms with Gasteiger partial charge >= 0.3 is 6.02 Å². The number of aromatic nitrogens is 4. The molecule has 174 valence electrons. The van der Waals surface area contributed by atoms with Gasteiger partial charge in [-0.15, -0.1) is 5.48 Å². The SMILES string of the molecule is COc1cc(F)c(-c2cnn3c(OC4CCN(C5=NC(C(C)C)NO5)CC4)ccnc23)cn1. The number of likely N-dealkylation sites (tertiary alicyclic amines) is 1. The molecule has 1 saturated heterocycles. The van der Waals surface area contributed by atoms with Crippen LogP contribution in [0.25, 0.3) is 16.8 Å². The van der Waals surface area contributed by atoms with Gasteiger partial charge in [0.15, 0.2) is 5.65 Å². The summed E-state index contributed by atoms with van der Waals surface area (Å²) in [5.74, 6) is 0.671. The Hall–Kier alpha value is -3.47. The number of nitrogens with one attached hydrogen (secondary N) is 1. The summed E-state index contributed by atoms with van der Waals surface area (Å²) in [7, 11) is 1.44. The highest BCUT2D eigenvalue weighted by atomic mass is 19.1. The van der Waals surface area contributed by atoms with Crippen molar-refractivity contribution in [1.82, 2.24) is 30.0 Å². The molecule has 0 aliphatic carbocycles. The van der Waals surface area contributed by atoms with Crippen LogP contribution in [0.2, 0.25) is 0 Å². The predicted octanol–water partition coefficient (Wildman–Crippen LogP) is 2.66. The molecule has 1 fully saturated rings. The summed E-state index contributed by atoms with van der Waals surface area (Å²) in [4.78, 5) is 20.8. The molecule has 0 amide bonds. The lowest BCUT2D eigenvalue weighted by molar-refractivity contribution is 0.0928. The molecule has 0 saturated carbocycles. The summed E-state index contributed by atoms with van der Waals surface area (Å²) in [6, 6.07) is 3.65. The van der Waals surface area contributed by atoms with E-state index in [1.54, 1.807) is 23.0 Å². The zero-order valence-corrected chi connectivity index (χ0v) is 18.7. The quantitative estimate of drug-likeness (QED) is 0.627. The molecule has 2 aliphatic rings. The van der Waals surface area contributed by atoms with E-state index in [0.29, 0.717) is 34.6 Å². The van der Waals surface area contributed by atoms with E-state index in [0.717, 1.165) is 25.9 Å². The Labute approximate surface area is 190 Å². The number of hydrogen-bond donors (Lipinski definition) is 1. The van der Waals surface area contributed by atoms with E-state index in [9.17, 15) is 4.39 Å². The van der Waals surface area contributed by atoms with Crippen LogP contribution in [-0.4, -0.2) is 63.0 Å². The molecular weight excluding hydrogens is 429 g/mol. The fourth-order valence-corrected chi connectivity index (χ4v) is 3.92. The van der Waals surface area contributed by atoms with Gasteiger partial charge in [-0.05, 0) is 5.92 Å². The van der Waals surface area contributed by atoms with Crippen LogP contribution in [0, 0.1) is 11.7 Å². The molecule has 1 N–H and O–H groups in total. The van der Waals surface area contributed by atoms with Gasteiger partial charge in [0.2, 0.25) is 11.8 Å². The van der Waals surface area contributed by atoms with Crippen molar-refractivity contribution in [3.8, 4) is 22.9 Å². The first kappa shape index (κ1) is 21.4. The molecule has 2 aliphatic heterocycles. The molecule has 0 radical (unpaired) electrons. The second-order valence-electron chi connectivity index (χ2n) is 8.41. The van der Waals surface area contributed by atoms with Crippen LogP contribution in [0.3, 0.4) is 0 Å². The lowest BCUT2D eigenvalue weighted by Gasteiger charge is -2.31. The molecule has 0 spiro atoms. The van der Waals surface area contributed by atoms with Gasteiger partial charge in [0.05, 0.1) is 18.9 Å². The lowest BCUT2D eigenvalue weighted by Crippen LogP contribution is -2.42. The molecule has 0 bridgehead atoms. The number of halogens is 1. The Morgan fingerprint density at radius 3 is 2.70 bits per heavy atom. The molecule has 11 heteroatoms. The monoisotopic (exact) mass is 455 g/mol. The third-order valence-electron chi connectivity index (χ3n) is 5.85. The second-order valence-corrected chi connectivity index (χ2v) is 8.41. The molecular formula is C22H26FN7O3. The number of fused-ring (bicyclic) bond motifs is 1. The van der Waals surface area contributed by atoms with Crippen molar-refractivity contribution < 1.29 is 18.7 Å². The highest BCUT2D eigenvalue weighted by Gasteiger charge is 2.30. The zero-order chi connectivity index (χ0) is 22.9.